The zero-order chi connectivity index (χ0) is 18.5. The van der Waals surface area contributed by atoms with Gasteiger partial charge in [-0.15, -0.1) is 0 Å². The maximum atomic E-state index is 12.1. The molecule has 6 heteroatoms. The summed E-state index contributed by atoms with van der Waals surface area (Å²) in [5.41, 5.74) is 4.07. The van der Waals surface area contributed by atoms with Gasteiger partial charge in [-0.05, 0) is 61.4 Å². The molecule has 0 bridgehead atoms. The highest BCUT2D eigenvalue weighted by atomic mass is 79.9. The number of ether oxygens (including phenoxy) is 2. The Labute approximate surface area is 162 Å². The molecule has 0 aromatic heterocycles. The Hall–Kier alpha value is -2.05. The van der Waals surface area contributed by atoms with Crippen LogP contribution in [0.15, 0.2) is 40.9 Å². The Bertz CT molecular complexity index is 748. The standard InChI is InChI=1S/C20H23BrN2O3/c1-14-11-18(12-15(2)20(14)21)26-13-19(24)22-16-3-5-17(6-4-16)23-7-9-25-10-8-23/h3-6,11-12H,7-10,13H2,1-2H3,(H,22,24). The second kappa shape index (κ2) is 8.56. The molecule has 0 aliphatic carbocycles. The van der Waals surface area contributed by atoms with Gasteiger partial charge < -0.3 is 19.7 Å². The van der Waals surface area contributed by atoms with Gasteiger partial charge in [0.1, 0.15) is 5.75 Å². The fourth-order valence-electron chi connectivity index (χ4n) is 2.91. The number of halogens is 1. The van der Waals surface area contributed by atoms with E-state index in [0.717, 1.165) is 53.3 Å². The number of aryl methyl sites for hydroxylation is 2. The lowest BCUT2D eigenvalue weighted by molar-refractivity contribution is -0.118. The smallest absolute Gasteiger partial charge is 0.262 e. The Morgan fingerprint density at radius 3 is 2.38 bits per heavy atom. The normalized spacial score (nSPS) is 14.2. The molecule has 26 heavy (non-hydrogen) atoms. The van der Waals surface area contributed by atoms with Crippen LogP contribution in [0, 0.1) is 13.8 Å². The molecule has 0 spiro atoms. The summed E-state index contributed by atoms with van der Waals surface area (Å²) in [7, 11) is 0. The highest BCUT2D eigenvalue weighted by Crippen LogP contribution is 2.26. The van der Waals surface area contributed by atoms with Gasteiger partial charge in [-0.25, -0.2) is 0 Å². The maximum Gasteiger partial charge on any atom is 0.262 e. The first-order chi connectivity index (χ1) is 12.5. The van der Waals surface area contributed by atoms with E-state index >= 15 is 0 Å². The number of hydrogen-bond acceptors (Lipinski definition) is 4. The van der Waals surface area contributed by atoms with Crippen molar-refractivity contribution in [3.05, 3.63) is 52.0 Å². The van der Waals surface area contributed by atoms with Gasteiger partial charge in [0.05, 0.1) is 13.2 Å². The summed E-state index contributed by atoms with van der Waals surface area (Å²) in [6, 6.07) is 11.7. The van der Waals surface area contributed by atoms with Crippen LogP contribution in [0.25, 0.3) is 0 Å². The van der Waals surface area contributed by atoms with E-state index in [1.165, 1.54) is 0 Å². The third kappa shape index (κ3) is 4.77. The van der Waals surface area contributed by atoms with Crippen molar-refractivity contribution in [1.29, 1.82) is 0 Å². The van der Waals surface area contributed by atoms with E-state index in [0.29, 0.717) is 5.75 Å². The van der Waals surface area contributed by atoms with Crippen LogP contribution in [0.3, 0.4) is 0 Å². The maximum absolute atomic E-state index is 12.1. The van der Waals surface area contributed by atoms with Crippen LogP contribution in [0.4, 0.5) is 11.4 Å². The molecule has 1 N–H and O–H groups in total. The molecule has 0 unspecified atom stereocenters. The number of nitrogens with zero attached hydrogens (tertiary/aromatic N) is 1. The molecule has 1 heterocycles. The third-order valence-corrected chi connectivity index (χ3v) is 5.56. The number of amides is 1. The molecule has 3 rings (SSSR count). The number of morpholine rings is 1. The molecule has 1 saturated heterocycles. The van der Waals surface area contributed by atoms with E-state index in [4.69, 9.17) is 9.47 Å². The van der Waals surface area contributed by atoms with E-state index in [1.807, 2.05) is 50.2 Å². The molecular weight excluding hydrogens is 396 g/mol. The molecule has 1 fully saturated rings. The molecule has 138 valence electrons. The summed E-state index contributed by atoms with van der Waals surface area (Å²) in [5.74, 6) is 0.517. The first kappa shape index (κ1) is 18.7. The highest BCUT2D eigenvalue weighted by molar-refractivity contribution is 9.10. The van der Waals surface area contributed by atoms with Crippen LogP contribution < -0.4 is 15.0 Å². The number of anilines is 2. The number of nitrogens with one attached hydrogen (secondary N) is 1. The Morgan fingerprint density at radius 2 is 1.77 bits per heavy atom. The summed E-state index contributed by atoms with van der Waals surface area (Å²) in [4.78, 5) is 14.4. The lowest BCUT2D eigenvalue weighted by Crippen LogP contribution is -2.36. The van der Waals surface area contributed by atoms with Crippen molar-refractivity contribution in [2.45, 2.75) is 13.8 Å². The van der Waals surface area contributed by atoms with Crippen molar-refractivity contribution in [2.24, 2.45) is 0 Å². The zero-order valence-corrected chi connectivity index (χ0v) is 16.6. The van der Waals surface area contributed by atoms with Gasteiger partial charge in [0.2, 0.25) is 0 Å². The van der Waals surface area contributed by atoms with Crippen molar-refractivity contribution in [2.75, 3.05) is 43.1 Å². The Kier molecular flexibility index (Phi) is 6.16. The minimum Gasteiger partial charge on any atom is -0.484 e. The summed E-state index contributed by atoms with van der Waals surface area (Å²) >= 11 is 3.53. The predicted octanol–water partition coefficient (Wildman–Crippen LogP) is 3.92. The van der Waals surface area contributed by atoms with Gasteiger partial charge in [-0.3, -0.25) is 4.79 Å². The molecule has 0 saturated carbocycles. The van der Waals surface area contributed by atoms with Gasteiger partial charge in [-0.1, -0.05) is 15.9 Å². The van der Waals surface area contributed by atoms with Gasteiger partial charge in [0.15, 0.2) is 6.61 Å². The monoisotopic (exact) mass is 418 g/mol. The largest absolute Gasteiger partial charge is 0.484 e. The summed E-state index contributed by atoms with van der Waals surface area (Å²) < 4.78 is 12.1. The Morgan fingerprint density at radius 1 is 1.15 bits per heavy atom. The number of carbonyl (C=O) groups excluding carboxylic acids is 1. The van der Waals surface area contributed by atoms with Crippen LogP contribution in [-0.2, 0) is 9.53 Å². The van der Waals surface area contributed by atoms with Crippen molar-refractivity contribution < 1.29 is 14.3 Å². The lowest BCUT2D eigenvalue weighted by atomic mass is 10.1. The number of rotatable bonds is 5. The SMILES string of the molecule is Cc1cc(OCC(=O)Nc2ccc(N3CCOCC3)cc2)cc(C)c1Br. The number of carbonyl (C=O) groups is 1. The van der Waals surface area contributed by atoms with Gasteiger partial charge in [-0.2, -0.15) is 0 Å². The second-order valence-corrected chi connectivity index (χ2v) is 7.15. The molecule has 2 aromatic carbocycles. The first-order valence-corrected chi connectivity index (χ1v) is 9.44. The van der Waals surface area contributed by atoms with E-state index in [1.54, 1.807) is 0 Å². The molecule has 5 nitrogen and oxygen atoms in total. The molecule has 1 amide bonds. The average molecular weight is 419 g/mol. The summed E-state index contributed by atoms with van der Waals surface area (Å²) in [6.07, 6.45) is 0. The highest BCUT2D eigenvalue weighted by Gasteiger charge is 2.11. The van der Waals surface area contributed by atoms with Crippen LogP contribution >= 0.6 is 15.9 Å². The van der Waals surface area contributed by atoms with Gasteiger partial charge in [0, 0.05) is 28.9 Å². The average Bonchev–Trinajstić information content (AvgIpc) is 2.65. The van der Waals surface area contributed by atoms with E-state index in [2.05, 4.69) is 26.1 Å². The summed E-state index contributed by atoms with van der Waals surface area (Å²) in [6.45, 7) is 7.28. The van der Waals surface area contributed by atoms with Crippen molar-refractivity contribution >= 4 is 33.2 Å². The second-order valence-electron chi connectivity index (χ2n) is 6.35. The quantitative estimate of drug-likeness (QED) is 0.799. The molecule has 0 radical (unpaired) electrons. The van der Waals surface area contributed by atoms with Crippen molar-refractivity contribution in [3.63, 3.8) is 0 Å². The van der Waals surface area contributed by atoms with Crippen LogP contribution in [-0.4, -0.2) is 38.8 Å². The van der Waals surface area contributed by atoms with Crippen molar-refractivity contribution in [1.82, 2.24) is 0 Å². The first-order valence-electron chi connectivity index (χ1n) is 8.65. The van der Waals surface area contributed by atoms with E-state index in [-0.39, 0.29) is 12.5 Å². The molecule has 0 atom stereocenters. The van der Waals surface area contributed by atoms with Gasteiger partial charge in [0.25, 0.3) is 5.91 Å². The molecule has 1 aliphatic rings. The number of hydrogen-bond donors (Lipinski definition) is 1. The minimum atomic E-state index is -0.178. The third-order valence-electron chi connectivity index (χ3n) is 4.31. The van der Waals surface area contributed by atoms with Crippen LogP contribution in [0.2, 0.25) is 0 Å². The fourth-order valence-corrected chi connectivity index (χ4v) is 3.14. The van der Waals surface area contributed by atoms with Crippen molar-refractivity contribution in [3.8, 4) is 5.75 Å². The minimum absolute atomic E-state index is 0.0221. The predicted molar refractivity (Wildman–Crippen MR) is 107 cm³/mol. The van der Waals surface area contributed by atoms with Crippen LogP contribution in [0.1, 0.15) is 11.1 Å². The molecule has 1 aliphatic heterocycles. The topological polar surface area (TPSA) is 50.8 Å². The molecular formula is C20H23BrN2O3. The zero-order valence-electron chi connectivity index (χ0n) is 15.0. The lowest BCUT2D eigenvalue weighted by Gasteiger charge is -2.28. The van der Waals surface area contributed by atoms with E-state index in [9.17, 15) is 4.79 Å². The number of benzene rings is 2. The fraction of sp³-hybridized carbons (Fsp3) is 0.350. The van der Waals surface area contributed by atoms with Gasteiger partial charge >= 0.3 is 0 Å². The Balaban J connectivity index is 1.53. The van der Waals surface area contributed by atoms with Crippen LogP contribution in [0.5, 0.6) is 5.75 Å². The van der Waals surface area contributed by atoms with E-state index < -0.39 is 0 Å². The summed E-state index contributed by atoms with van der Waals surface area (Å²) in [5, 5.41) is 2.87. The molecule has 2 aromatic rings.